The number of rotatable bonds is 7. The molecule has 2 aliphatic heterocycles. The molecule has 1 amide bonds. The second-order valence-electron chi connectivity index (χ2n) is 8.97. The summed E-state index contributed by atoms with van der Waals surface area (Å²) in [5, 5.41) is 2.72. The standard InChI is InChI=1S/C25H28N6O6S2/c32-25(20-1-5-22(6-2-20)39(35,36)31-15-17-37-18-16-31)28-21-3-7-23(8-4-21)38(33,34)30-13-11-29(12-14-30)24-19-26-9-10-27-24/h1-10,19H,11-18H2,(H,28,32). The number of ether oxygens (including phenoxy) is 1. The third kappa shape index (κ3) is 5.94. The molecule has 206 valence electrons. The van der Waals surface area contributed by atoms with Gasteiger partial charge in [-0.1, -0.05) is 0 Å². The number of carbonyl (C=O) groups excluding carboxylic acids is 1. The average molecular weight is 573 g/mol. The van der Waals surface area contributed by atoms with Gasteiger partial charge in [-0.05, 0) is 48.5 Å². The Kier molecular flexibility index (Phi) is 7.91. The summed E-state index contributed by atoms with van der Waals surface area (Å²) < 4.78 is 59.8. The summed E-state index contributed by atoms with van der Waals surface area (Å²) in [5.41, 5.74) is 0.685. The lowest BCUT2D eigenvalue weighted by Gasteiger charge is -2.34. The van der Waals surface area contributed by atoms with E-state index in [1.165, 1.54) is 57.1 Å². The number of hydrogen-bond acceptors (Lipinski definition) is 9. The maximum Gasteiger partial charge on any atom is 0.255 e. The fraction of sp³-hybridized carbons (Fsp3) is 0.320. The van der Waals surface area contributed by atoms with Crippen LogP contribution < -0.4 is 10.2 Å². The zero-order chi connectivity index (χ0) is 27.5. The molecule has 5 rings (SSSR count). The highest BCUT2D eigenvalue weighted by Crippen LogP contribution is 2.22. The minimum Gasteiger partial charge on any atom is -0.379 e. The molecule has 1 N–H and O–H groups in total. The highest BCUT2D eigenvalue weighted by Gasteiger charge is 2.29. The molecule has 0 saturated carbocycles. The van der Waals surface area contributed by atoms with Gasteiger partial charge in [-0.2, -0.15) is 8.61 Å². The van der Waals surface area contributed by atoms with E-state index in [1.54, 1.807) is 18.6 Å². The van der Waals surface area contributed by atoms with Crippen LogP contribution in [0.15, 0.2) is 76.9 Å². The van der Waals surface area contributed by atoms with Gasteiger partial charge < -0.3 is 15.0 Å². The van der Waals surface area contributed by atoms with Crippen molar-refractivity contribution in [2.24, 2.45) is 0 Å². The molecule has 2 fully saturated rings. The van der Waals surface area contributed by atoms with Crippen molar-refractivity contribution in [1.29, 1.82) is 0 Å². The highest BCUT2D eigenvalue weighted by atomic mass is 32.2. The number of aromatic nitrogens is 2. The molecule has 2 aliphatic rings. The topological polar surface area (TPSA) is 142 Å². The van der Waals surface area contributed by atoms with Crippen molar-refractivity contribution in [1.82, 2.24) is 18.6 Å². The molecule has 0 radical (unpaired) electrons. The summed E-state index contributed by atoms with van der Waals surface area (Å²) in [6, 6.07) is 11.7. The van der Waals surface area contributed by atoms with Crippen molar-refractivity contribution < 1.29 is 26.4 Å². The second kappa shape index (κ2) is 11.4. The minimum atomic E-state index is -3.70. The maximum absolute atomic E-state index is 13.1. The first-order valence-corrected chi connectivity index (χ1v) is 15.2. The van der Waals surface area contributed by atoms with Gasteiger partial charge in [0.05, 0.1) is 29.2 Å². The fourth-order valence-electron chi connectivity index (χ4n) is 4.39. The van der Waals surface area contributed by atoms with Crippen molar-refractivity contribution >= 4 is 37.5 Å². The predicted molar refractivity (Wildman–Crippen MR) is 143 cm³/mol. The lowest BCUT2D eigenvalue weighted by Crippen LogP contribution is -2.48. The number of hydrogen-bond donors (Lipinski definition) is 1. The van der Waals surface area contributed by atoms with E-state index in [-0.39, 0.29) is 28.4 Å². The molecule has 3 heterocycles. The number of nitrogens with zero attached hydrogens (tertiary/aromatic N) is 5. The third-order valence-corrected chi connectivity index (χ3v) is 10.4. The van der Waals surface area contributed by atoms with E-state index in [4.69, 9.17) is 4.74 Å². The van der Waals surface area contributed by atoms with E-state index < -0.39 is 26.0 Å². The largest absolute Gasteiger partial charge is 0.379 e. The fourth-order valence-corrected chi connectivity index (χ4v) is 7.22. The van der Waals surface area contributed by atoms with Crippen molar-refractivity contribution in [2.45, 2.75) is 9.79 Å². The molecular weight excluding hydrogens is 544 g/mol. The molecule has 0 spiro atoms. The van der Waals surface area contributed by atoms with Gasteiger partial charge in [0.2, 0.25) is 20.0 Å². The van der Waals surface area contributed by atoms with E-state index in [0.717, 1.165) is 0 Å². The van der Waals surface area contributed by atoms with Crippen LogP contribution >= 0.6 is 0 Å². The minimum absolute atomic E-state index is 0.105. The Bertz CT molecular complexity index is 1500. The second-order valence-corrected chi connectivity index (χ2v) is 12.8. The Morgan fingerprint density at radius 1 is 0.744 bits per heavy atom. The van der Waals surface area contributed by atoms with Crippen molar-refractivity contribution in [3.63, 3.8) is 0 Å². The third-order valence-electron chi connectivity index (χ3n) is 6.59. The monoisotopic (exact) mass is 572 g/mol. The van der Waals surface area contributed by atoms with Crippen molar-refractivity contribution in [3.8, 4) is 0 Å². The van der Waals surface area contributed by atoms with E-state index in [1.807, 2.05) is 4.90 Å². The smallest absolute Gasteiger partial charge is 0.255 e. The Balaban J connectivity index is 1.19. The summed E-state index contributed by atoms with van der Waals surface area (Å²) in [5.74, 6) is 0.268. The van der Waals surface area contributed by atoms with E-state index in [0.29, 0.717) is 50.9 Å². The maximum atomic E-state index is 13.1. The number of sulfonamides is 2. The summed E-state index contributed by atoms with van der Waals surface area (Å²) in [4.78, 5) is 23.3. The number of amides is 1. The van der Waals surface area contributed by atoms with Crippen LogP contribution in [0.5, 0.6) is 0 Å². The van der Waals surface area contributed by atoms with Gasteiger partial charge in [0.1, 0.15) is 5.82 Å². The number of benzene rings is 2. The molecule has 0 aliphatic carbocycles. The Hall–Kier alpha value is -3.43. The molecule has 1 aromatic heterocycles. The van der Waals surface area contributed by atoms with Gasteiger partial charge in [-0.25, -0.2) is 21.8 Å². The summed E-state index contributed by atoms with van der Waals surface area (Å²) in [7, 11) is -7.36. The lowest BCUT2D eigenvalue weighted by molar-refractivity contribution is 0.0730. The SMILES string of the molecule is O=C(Nc1ccc(S(=O)(=O)N2CCN(c3cnccn3)CC2)cc1)c1ccc(S(=O)(=O)N2CCOCC2)cc1. The predicted octanol–water partition coefficient (Wildman–Crippen LogP) is 1.26. The number of nitrogens with one attached hydrogen (secondary N) is 1. The molecule has 14 heteroatoms. The molecule has 2 saturated heterocycles. The zero-order valence-corrected chi connectivity index (χ0v) is 22.6. The van der Waals surface area contributed by atoms with E-state index in [2.05, 4.69) is 15.3 Å². The van der Waals surface area contributed by atoms with Crippen LogP contribution in [-0.4, -0.2) is 93.8 Å². The molecule has 3 aromatic rings. The molecule has 0 atom stereocenters. The normalized spacial score (nSPS) is 17.6. The highest BCUT2D eigenvalue weighted by molar-refractivity contribution is 7.89. The Labute approximate surface area is 227 Å². The van der Waals surface area contributed by atoms with Crippen LogP contribution in [-0.2, 0) is 24.8 Å². The number of carbonyl (C=O) groups is 1. The van der Waals surface area contributed by atoms with Gasteiger partial charge in [0, 0.05) is 62.9 Å². The molecular formula is C25H28N6O6S2. The summed E-state index contributed by atoms with van der Waals surface area (Å²) >= 11 is 0. The molecule has 39 heavy (non-hydrogen) atoms. The number of morpholine rings is 1. The van der Waals surface area contributed by atoms with Crippen molar-refractivity contribution in [2.75, 3.05) is 62.7 Å². The van der Waals surface area contributed by atoms with E-state index in [9.17, 15) is 21.6 Å². The summed E-state index contributed by atoms with van der Waals surface area (Å²) in [6.07, 6.45) is 4.84. The van der Waals surface area contributed by atoms with Gasteiger partial charge in [0.25, 0.3) is 5.91 Å². The number of piperazine rings is 1. The Morgan fingerprint density at radius 3 is 1.87 bits per heavy atom. The lowest BCUT2D eigenvalue weighted by atomic mass is 10.2. The molecule has 0 bridgehead atoms. The summed E-state index contributed by atoms with van der Waals surface area (Å²) in [6.45, 7) is 2.89. The van der Waals surface area contributed by atoms with Gasteiger partial charge in [-0.15, -0.1) is 0 Å². The first kappa shape index (κ1) is 27.1. The van der Waals surface area contributed by atoms with Crippen LogP contribution in [0.3, 0.4) is 0 Å². The quantitative estimate of drug-likeness (QED) is 0.443. The van der Waals surface area contributed by atoms with Crippen LogP contribution in [0.4, 0.5) is 11.5 Å². The van der Waals surface area contributed by atoms with Crippen LogP contribution in [0.1, 0.15) is 10.4 Å². The van der Waals surface area contributed by atoms with Gasteiger partial charge >= 0.3 is 0 Å². The van der Waals surface area contributed by atoms with E-state index >= 15 is 0 Å². The first-order chi connectivity index (χ1) is 18.7. The van der Waals surface area contributed by atoms with Crippen molar-refractivity contribution in [3.05, 3.63) is 72.7 Å². The molecule has 12 nitrogen and oxygen atoms in total. The van der Waals surface area contributed by atoms with Crippen LogP contribution in [0, 0.1) is 0 Å². The molecule has 2 aromatic carbocycles. The van der Waals surface area contributed by atoms with Crippen LogP contribution in [0.2, 0.25) is 0 Å². The Morgan fingerprint density at radius 2 is 1.31 bits per heavy atom. The average Bonchev–Trinajstić information content (AvgIpc) is 2.98. The first-order valence-electron chi connectivity index (χ1n) is 12.4. The zero-order valence-electron chi connectivity index (χ0n) is 21.0. The van der Waals surface area contributed by atoms with Gasteiger partial charge in [0.15, 0.2) is 0 Å². The van der Waals surface area contributed by atoms with Crippen LogP contribution in [0.25, 0.3) is 0 Å². The van der Waals surface area contributed by atoms with Gasteiger partial charge in [-0.3, -0.25) is 9.78 Å². The number of anilines is 2. The molecule has 0 unspecified atom stereocenters.